The SMILES string of the molecule is CCNC(=O)CNc1cnc(C#N)cn1. The molecule has 0 aliphatic carbocycles. The molecule has 0 fully saturated rings. The second kappa shape index (κ2) is 5.54. The van der Waals surface area contributed by atoms with Crippen molar-refractivity contribution in [3.05, 3.63) is 18.1 Å². The summed E-state index contributed by atoms with van der Waals surface area (Å²) in [6.07, 6.45) is 2.76. The van der Waals surface area contributed by atoms with Crippen LogP contribution in [-0.2, 0) is 4.79 Å². The summed E-state index contributed by atoms with van der Waals surface area (Å²) in [6, 6.07) is 1.86. The summed E-state index contributed by atoms with van der Waals surface area (Å²) in [6.45, 7) is 2.59. The number of nitriles is 1. The second-order valence-electron chi connectivity index (χ2n) is 2.71. The van der Waals surface area contributed by atoms with Gasteiger partial charge in [-0.05, 0) is 6.92 Å². The fraction of sp³-hybridized carbons (Fsp3) is 0.333. The Kier molecular flexibility index (Phi) is 4.04. The van der Waals surface area contributed by atoms with Gasteiger partial charge < -0.3 is 10.6 Å². The van der Waals surface area contributed by atoms with Crippen LogP contribution in [-0.4, -0.2) is 29.0 Å². The maximum absolute atomic E-state index is 11.1. The molecule has 0 spiro atoms. The van der Waals surface area contributed by atoms with Gasteiger partial charge in [-0.15, -0.1) is 0 Å². The highest BCUT2D eigenvalue weighted by atomic mass is 16.1. The Morgan fingerprint density at radius 3 is 2.87 bits per heavy atom. The number of hydrogen-bond donors (Lipinski definition) is 2. The van der Waals surface area contributed by atoms with Gasteiger partial charge in [0.1, 0.15) is 11.9 Å². The van der Waals surface area contributed by atoms with Crippen LogP contribution in [0.15, 0.2) is 12.4 Å². The van der Waals surface area contributed by atoms with E-state index in [9.17, 15) is 4.79 Å². The molecule has 6 nitrogen and oxygen atoms in total. The number of aromatic nitrogens is 2. The Bertz CT molecular complexity index is 367. The third-order valence-corrected chi connectivity index (χ3v) is 1.57. The van der Waals surface area contributed by atoms with Crippen molar-refractivity contribution in [2.75, 3.05) is 18.4 Å². The summed E-state index contributed by atoms with van der Waals surface area (Å²) in [4.78, 5) is 18.8. The molecule has 0 aliphatic heterocycles. The van der Waals surface area contributed by atoms with E-state index in [4.69, 9.17) is 5.26 Å². The van der Waals surface area contributed by atoms with Crippen LogP contribution in [0.3, 0.4) is 0 Å². The first-order valence-electron chi connectivity index (χ1n) is 4.49. The highest BCUT2D eigenvalue weighted by molar-refractivity contribution is 5.80. The average molecular weight is 205 g/mol. The van der Waals surface area contributed by atoms with E-state index in [-0.39, 0.29) is 18.1 Å². The van der Waals surface area contributed by atoms with Gasteiger partial charge in [0.25, 0.3) is 0 Å². The van der Waals surface area contributed by atoms with Crippen molar-refractivity contribution in [1.82, 2.24) is 15.3 Å². The normalized spacial score (nSPS) is 9.07. The molecule has 1 aromatic heterocycles. The lowest BCUT2D eigenvalue weighted by Gasteiger charge is -2.04. The highest BCUT2D eigenvalue weighted by Crippen LogP contribution is 1.98. The van der Waals surface area contributed by atoms with Crippen LogP contribution >= 0.6 is 0 Å². The molecule has 1 amide bonds. The molecule has 0 aromatic carbocycles. The van der Waals surface area contributed by atoms with Gasteiger partial charge in [0.2, 0.25) is 5.91 Å². The van der Waals surface area contributed by atoms with Crippen LogP contribution in [0.2, 0.25) is 0 Å². The smallest absolute Gasteiger partial charge is 0.239 e. The molecule has 1 heterocycles. The number of anilines is 1. The molecule has 1 rings (SSSR count). The molecule has 15 heavy (non-hydrogen) atoms. The number of carbonyl (C=O) groups is 1. The number of amides is 1. The van der Waals surface area contributed by atoms with Crippen molar-refractivity contribution >= 4 is 11.7 Å². The number of nitrogens with zero attached hydrogens (tertiary/aromatic N) is 3. The van der Waals surface area contributed by atoms with Crippen molar-refractivity contribution in [2.45, 2.75) is 6.92 Å². The minimum Gasteiger partial charge on any atom is -0.360 e. The molecule has 0 saturated heterocycles. The zero-order valence-corrected chi connectivity index (χ0v) is 8.32. The van der Waals surface area contributed by atoms with E-state index in [1.807, 2.05) is 13.0 Å². The quantitative estimate of drug-likeness (QED) is 0.716. The fourth-order valence-electron chi connectivity index (χ4n) is 0.908. The molecule has 0 atom stereocenters. The summed E-state index contributed by atoms with van der Waals surface area (Å²) in [5.74, 6) is 0.365. The molecule has 1 aromatic rings. The van der Waals surface area contributed by atoms with Gasteiger partial charge in [-0.2, -0.15) is 5.26 Å². The summed E-state index contributed by atoms with van der Waals surface area (Å²) in [7, 11) is 0. The zero-order valence-electron chi connectivity index (χ0n) is 8.32. The zero-order chi connectivity index (χ0) is 11.1. The molecule has 0 bridgehead atoms. The predicted molar refractivity (Wildman–Crippen MR) is 53.9 cm³/mol. The Morgan fingerprint density at radius 1 is 1.53 bits per heavy atom. The van der Waals surface area contributed by atoms with Crippen molar-refractivity contribution in [3.8, 4) is 6.07 Å². The minimum absolute atomic E-state index is 0.108. The van der Waals surface area contributed by atoms with E-state index in [1.165, 1.54) is 12.4 Å². The summed E-state index contributed by atoms with van der Waals surface area (Å²) < 4.78 is 0. The monoisotopic (exact) mass is 205 g/mol. The number of nitrogens with one attached hydrogen (secondary N) is 2. The largest absolute Gasteiger partial charge is 0.360 e. The number of carbonyl (C=O) groups excluding carboxylic acids is 1. The molecule has 0 radical (unpaired) electrons. The van der Waals surface area contributed by atoms with E-state index in [0.717, 1.165) is 0 Å². The second-order valence-corrected chi connectivity index (χ2v) is 2.71. The Labute approximate surface area is 87.3 Å². The van der Waals surface area contributed by atoms with E-state index >= 15 is 0 Å². The molecule has 0 unspecified atom stereocenters. The third-order valence-electron chi connectivity index (χ3n) is 1.57. The molecule has 0 aliphatic rings. The van der Waals surface area contributed by atoms with Gasteiger partial charge in [0.05, 0.1) is 18.9 Å². The number of likely N-dealkylation sites (N-methyl/N-ethyl adjacent to an activating group) is 1. The first kappa shape index (κ1) is 10.9. The molecule has 0 saturated carbocycles. The average Bonchev–Trinajstić information content (AvgIpc) is 2.27. The molecule has 2 N–H and O–H groups in total. The predicted octanol–water partition coefficient (Wildman–Crippen LogP) is -0.104. The number of hydrogen-bond acceptors (Lipinski definition) is 5. The minimum atomic E-state index is -0.108. The maximum Gasteiger partial charge on any atom is 0.239 e. The fourth-order valence-corrected chi connectivity index (χ4v) is 0.908. The van der Waals surface area contributed by atoms with E-state index in [2.05, 4.69) is 20.6 Å². The van der Waals surface area contributed by atoms with Crippen molar-refractivity contribution in [3.63, 3.8) is 0 Å². The third kappa shape index (κ3) is 3.60. The van der Waals surface area contributed by atoms with Gasteiger partial charge in [0, 0.05) is 6.54 Å². The van der Waals surface area contributed by atoms with Crippen LogP contribution in [0, 0.1) is 11.3 Å². The Morgan fingerprint density at radius 2 is 2.33 bits per heavy atom. The first-order valence-corrected chi connectivity index (χ1v) is 4.49. The summed E-state index contributed by atoms with van der Waals surface area (Å²) in [5.41, 5.74) is 0.249. The van der Waals surface area contributed by atoms with Gasteiger partial charge in [0.15, 0.2) is 5.69 Å². The van der Waals surface area contributed by atoms with Crippen molar-refractivity contribution in [1.29, 1.82) is 5.26 Å². The van der Waals surface area contributed by atoms with Crippen LogP contribution in [0.4, 0.5) is 5.82 Å². The van der Waals surface area contributed by atoms with Crippen LogP contribution in [0.1, 0.15) is 12.6 Å². The van der Waals surface area contributed by atoms with Gasteiger partial charge in [-0.1, -0.05) is 0 Å². The van der Waals surface area contributed by atoms with Crippen molar-refractivity contribution < 1.29 is 4.79 Å². The molecular formula is C9H11N5O. The van der Waals surface area contributed by atoms with Crippen LogP contribution < -0.4 is 10.6 Å². The highest BCUT2D eigenvalue weighted by Gasteiger charge is 2.00. The lowest BCUT2D eigenvalue weighted by Crippen LogP contribution is -2.29. The first-order chi connectivity index (χ1) is 7.26. The Hall–Kier alpha value is -2.16. The summed E-state index contributed by atoms with van der Waals surface area (Å²) >= 11 is 0. The van der Waals surface area contributed by atoms with Crippen molar-refractivity contribution in [2.24, 2.45) is 0 Å². The maximum atomic E-state index is 11.1. The molecule has 78 valence electrons. The molecule has 6 heteroatoms. The topological polar surface area (TPSA) is 90.7 Å². The standard InChI is InChI=1S/C9H11N5O/c1-2-11-9(15)6-14-8-5-12-7(3-10)4-13-8/h4-5H,2,6H2,1H3,(H,11,15)(H,13,14). The van der Waals surface area contributed by atoms with Crippen LogP contribution in [0.5, 0.6) is 0 Å². The lowest BCUT2D eigenvalue weighted by molar-refractivity contribution is -0.119. The van der Waals surface area contributed by atoms with E-state index < -0.39 is 0 Å². The summed E-state index contributed by atoms with van der Waals surface area (Å²) in [5, 5.41) is 13.9. The van der Waals surface area contributed by atoms with Gasteiger partial charge in [-0.25, -0.2) is 9.97 Å². The molecular weight excluding hydrogens is 194 g/mol. The Balaban J connectivity index is 2.45. The van der Waals surface area contributed by atoms with Gasteiger partial charge in [-0.3, -0.25) is 4.79 Å². The lowest BCUT2D eigenvalue weighted by atomic mass is 10.5. The van der Waals surface area contributed by atoms with Crippen LogP contribution in [0.25, 0.3) is 0 Å². The van der Waals surface area contributed by atoms with E-state index in [0.29, 0.717) is 12.4 Å². The van der Waals surface area contributed by atoms with E-state index in [1.54, 1.807) is 0 Å². The number of rotatable bonds is 4. The van der Waals surface area contributed by atoms with Gasteiger partial charge >= 0.3 is 0 Å².